The Bertz CT molecular complexity index is 384. The SMILES string of the molecule is CC1(CNCc2cccc(O)c2O)CCCC1. The van der Waals surface area contributed by atoms with Crippen molar-refractivity contribution in [3.05, 3.63) is 23.8 Å². The van der Waals surface area contributed by atoms with E-state index in [2.05, 4.69) is 12.2 Å². The second kappa shape index (κ2) is 4.96. The second-order valence-electron chi connectivity index (χ2n) is 5.41. The molecule has 0 aliphatic heterocycles. The van der Waals surface area contributed by atoms with Gasteiger partial charge in [-0.15, -0.1) is 0 Å². The fourth-order valence-corrected chi connectivity index (χ4v) is 2.62. The molecule has 0 radical (unpaired) electrons. The number of nitrogens with one attached hydrogen (secondary N) is 1. The summed E-state index contributed by atoms with van der Waals surface area (Å²) in [6, 6.07) is 5.08. The van der Waals surface area contributed by atoms with Crippen LogP contribution >= 0.6 is 0 Å². The molecule has 0 amide bonds. The summed E-state index contributed by atoms with van der Waals surface area (Å²) in [5.74, 6) is -0.0482. The number of phenolic OH excluding ortho intramolecular Hbond substituents is 2. The van der Waals surface area contributed by atoms with Gasteiger partial charge in [0, 0.05) is 18.7 Å². The van der Waals surface area contributed by atoms with Crippen LogP contribution in [-0.4, -0.2) is 16.8 Å². The van der Waals surface area contributed by atoms with Crippen molar-refractivity contribution in [1.82, 2.24) is 5.32 Å². The molecular weight excluding hydrogens is 214 g/mol. The van der Waals surface area contributed by atoms with Crippen molar-refractivity contribution >= 4 is 0 Å². The topological polar surface area (TPSA) is 52.5 Å². The van der Waals surface area contributed by atoms with E-state index in [4.69, 9.17) is 0 Å². The maximum absolute atomic E-state index is 9.66. The van der Waals surface area contributed by atoms with Gasteiger partial charge in [-0.2, -0.15) is 0 Å². The van der Waals surface area contributed by atoms with E-state index in [1.807, 2.05) is 6.07 Å². The lowest BCUT2D eigenvalue weighted by atomic mass is 9.89. The van der Waals surface area contributed by atoms with Gasteiger partial charge < -0.3 is 15.5 Å². The van der Waals surface area contributed by atoms with E-state index in [0.717, 1.165) is 12.1 Å². The highest BCUT2D eigenvalue weighted by Crippen LogP contribution is 2.37. The van der Waals surface area contributed by atoms with E-state index in [-0.39, 0.29) is 11.5 Å². The van der Waals surface area contributed by atoms with Crippen LogP contribution in [0.4, 0.5) is 0 Å². The lowest BCUT2D eigenvalue weighted by Gasteiger charge is -2.23. The first-order valence-electron chi connectivity index (χ1n) is 6.31. The molecule has 1 fully saturated rings. The number of para-hydroxylation sites is 1. The van der Waals surface area contributed by atoms with Crippen molar-refractivity contribution < 1.29 is 10.2 Å². The zero-order chi connectivity index (χ0) is 12.3. The Balaban J connectivity index is 1.88. The molecule has 0 atom stereocenters. The average molecular weight is 235 g/mol. The molecule has 1 aliphatic carbocycles. The van der Waals surface area contributed by atoms with Gasteiger partial charge in [0.15, 0.2) is 11.5 Å². The van der Waals surface area contributed by atoms with Crippen LogP contribution in [-0.2, 0) is 6.54 Å². The fraction of sp³-hybridized carbons (Fsp3) is 0.571. The summed E-state index contributed by atoms with van der Waals surface area (Å²) in [6.07, 6.45) is 5.23. The number of aromatic hydroxyl groups is 2. The lowest BCUT2D eigenvalue weighted by Crippen LogP contribution is -2.29. The number of rotatable bonds is 4. The summed E-state index contributed by atoms with van der Waals surface area (Å²) in [7, 11) is 0. The van der Waals surface area contributed by atoms with Crippen LogP contribution in [0.25, 0.3) is 0 Å². The van der Waals surface area contributed by atoms with Crippen molar-refractivity contribution in [3.63, 3.8) is 0 Å². The Hall–Kier alpha value is -1.22. The zero-order valence-electron chi connectivity index (χ0n) is 10.4. The Morgan fingerprint density at radius 1 is 1.24 bits per heavy atom. The summed E-state index contributed by atoms with van der Waals surface area (Å²) < 4.78 is 0. The Morgan fingerprint density at radius 3 is 2.65 bits per heavy atom. The third-order valence-corrected chi connectivity index (χ3v) is 3.78. The van der Waals surface area contributed by atoms with Crippen molar-refractivity contribution in [1.29, 1.82) is 0 Å². The monoisotopic (exact) mass is 235 g/mol. The van der Waals surface area contributed by atoms with Crippen LogP contribution in [0, 0.1) is 5.41 Å². The first kappa shape index (κ1) is 12.2. The smallest absolute Gasteiger partial charge is 0.161 e. The average Bonchev–Trinajstić information content (AvgIpc) is 2.72. The van der Waals surface area contributed by atoms with Gasteiger partial charge in [0.2, 0.25) is 0 Å². The highest BCUT2D eigenvalue weighted by atomic mass is 16.3. The number of benzene rings is 1. The molecule has 94 valence electrons. The van der Waals surface area contributed by atoms with E-state index in [1.54, 1.807) is 6.07 Å². The Morgan fingerprint density at radius 2 is 1.94 bits per heavy atom. The van der Waals surface area contributed by atoms with E-state index in [1.165, 1.54) is 31.7 Å². The quantitative estimate of drug-likeness (QED) is 0.703. The Labute approximate surface area is 102 Å². The summed E-state index contributed by atoms with van der Waals surface area (Å²) in [5, 5.41) is 22.4. The van der Waals surface area contributed by atoms with Gasteiger partial charge in [0.05, 0.1) is 0 Å². The number of phenols is 2. The van der Waals surface area contributed by atoms with E-state index < -0.39 is 0 Å². The molecule has 3 nitrogen and oxygen atoms in total. The van der Waals surface area contributed by atoms with Gasteiger partial charge in [0.25, 0.3) is 0 Å². The van der Waals surface area contributed by atoms with Crippen LogP contribution in [0.1, 0.15) is 38.2 Å². The van der Waals surface area contributed by atoms with Crippen LogP contribution in [0.15, 0.2) is 18.2 Å². The third kappa shape index (κ3) is 2.91. The molecule has 0 unspecified atom stereocenters. The van der Waals surface area contributed by atoms with Gasteiger partial charge in [-0.1, -0.05) is 31.9 Å². The molecule has 1 saturated carbocycles. The first-order valence-corrected chi connectivity index (χ1v) is 6.31. The van der Waals surface area contributed by atoms with Crippen LogP contribution in [0.5, 0.6) is 11.5 Å². The molecule has 1 aliphatic rings. The second-order valence-corrected chi connectivity index (χ2v) is 5.41. The summed E-state index contributed by atoms with van der Waals surface area (Å²) in [4.78, 5) is 0. The van der Waals surface area contributed by atoms with Crippen molar-refractivity contribution in [2.24, 2.45) is 5.41 Å². The maximum Gasteiger partial charge on any atom is 0.161 e. The number of hydrogen-bond donors (Lipinski definition) is 3. The largest absolute Gasteiger partial charge is 0.504 e. The van der Waals surface area contributed by atoms with Crippen LogP contribution in [0.3, 0.4) is 0 Å². The summed E-state index contributed by atoms with van der Waals surface area (Å²) in [5.41, 5.74) is 1.17. The standard InChI is InChI=1S/C14H21NO2/c1-14(7-2-3-8-14)10-15-9-11-5-4-6-12(16)13(11)17/h4-6,15-17H,2-3,7-10H2,1H3. The molecule has 1 aromatic rings. The first-order chi connectivity index (χ1) is 8.11. The van der Waals surface area contributed by atoms with Crippen LogP contribution in [0.2, 0.25) is 0 Å². The molecule has 0 aromatic heterocycles. The van der Waals surface area contributed by atoms with E-state index in [0.29, 0.717) is 12.0 Å². The molecule has 17 heavy (non-hydrogen) atoms. The molecule has 1 aromatic carbocycles. The molecular formula is C14H21NO2. The van der Waals surface area contributed by atoms with Crippen LogP contribution < -0.4 is 5.32 Å². The molecule has 0 heterocycles. The predicted molar refractivity (Wildman–Crippen MR) is 68.1 cm³/mol. The van der Waals surface area contributed by atoms with E-state index in [9.17, 15) is 10.2 Å². The lowest BCUT2D eigenvalue weighted by molar-refractivity contribution is 0.313. The highest BCUT2D eigenvalue weighted by Gasteiger charge is 2.27. The highest BCUT2D eigenvalue weighted by molar-refractivity contribution is 5.44. The van der Waals surface area contributed by atoms with Crippen molar-refractivity contribution in [2.45, 2.75) is 39.2 Å². The molecule has 2 rings (SSSR count). The fourth-order valence-electron chi connectivity index (χ4n) is 2.62. The minimum absolute atomic E-state index is 0.00317. The van der Waals surface area contributed by atoms with Gasteiger partial charge in [-0.3, -0.25) is 0 Å². The third-order valence-electron chi connectivity index (χ3n) is 3.78. The number of hydrogen-bond acceptors (Lipinski definition) is 3. The van der Waals surface area contributed by atoms with Gasteiger partial charge in [-0.25, -0.2) is 0 Å². The summed E-state index contributed by atoms with van der Waals surface area (Å²) >= 11 is 0. The van der Waals surface area contributed by atoms with Gasteiger partial charge in [0.1, 0.15) is 0 Å². The normalized spacial score (nSPS) is 18.4. The molecule has 0 bridgehead atoms. The molecule has 0 spiro atoms. The molecule has 3 heteroatoms. The minimum Gasteiger partial charge on any atom is -0.504 e. The summed E-state index contributed by atoms with van der Waals surface area (Å²) in [6.45, 7) is 3.90. The maximum atomic E-state index is 9.66. The van der Waals surface area contributed by atoms with Crippen molar-refractivity contribution in [2.75, 3.05) is 6.54 Å². The van der Waals surface area contributed by atoms with E-state index >= 15 is 0 Å². The minimum atomic E-state index is -0.0450. The predicted octanol–water partition coefficient (Wildman–Crippen LogP) is 2.77. The zero-order valence-corrected chi connectivity index (χ0v) is 10.4. The molecule has 3 N–H and O–H groups in total. The molecule has 0 saturated heterocycles. The van der Waals surface area contributed by atoms with Gasteiger partial charge >= 0.3 is 0 Å². The Kier molecular flexibility index (Phi) is 3.57. The van der Waals surface area contributed by atoms with Gasteiger partial charge in [-0.05, 0) is 24.3 Å². The van der Waals surface area contributed by atoms with Crippen molar-refractivity contribution in [3.8, 4) is 11.5 Å².